The number of likely N-dealkylation sites (N-methyl/N-ethyl adjacent to an activating group) is 1. The smallest absolute Gasteiger partial charge is 0.242 e. The molecule has 1 aromatic carbocycles. The molecular formula is C11H14N3O. The predicted octanol–water partition coefficient (Wildman–Crippen LogP) is 1.03. The van der Waals surface area contributed by atoms with E-state index >= 15 is 0 Å². The lowest BCUT2D eigenvalue weighted by molar-refractivity contribution is -0.120. The Hall–Kier alpha value is -1.55. The van der Waals surface area contributed by atoms with Crippen molar-refractivity contribution in [3.05, 3.63) is 23.8 Å². The summed E-state index contributed by atoms with van der Waals surface area (Å²) in [6.07, 6.45) is 0.619. The Kier molecular flexibility index (Phi) is 2.36. The molecule has 1 aromatic rings. The molecule has 1 amide bonds. The first-order valence-electron chi connectivity index (χ1n) is 4.90. The number of carbonyl (C=O) groups excluding carboxylic acids is 1. The lowest BCUT2D eigenvalue weighted by Crippen LogP contribution is -2.44. The lowest BCUT2D eigenvalue weighted by Gasteiger charge is -2.29. The van der Waals surface area contributed by atoms with Crippen LogP contribution in [0.25, 0.3) is 0 Å². The molecule has 1 unspecified atom stereocenters. The van der Waals surface area contributed by atoms with Crippen LogP contribution in [-0.2, 0) is 11.2 Å². The maximum Gasteiger partial charge on any atom is 0.242 e. The fourth-order valence-corrected chi connectivity index (χ4v) is 1.84. The van der Waals surface area contributed by atoms with Crippen LogP contribution in [0.4, 0.5) is 11.4 Å². The van der Waals surface area contributed by atoms with Crippen LogP contribution in [0.5, 0.6) is 0 Å². The summed E-state index contributed by atoms with van der Waals surface area (Å²) >= 11 is 0. The van der Waals surface area contributed by atoms with Gasteiger partial charge in [0.25, 0.3) is 0 Å². The van der Waals surface area contributed by atoms with Gasteiger partial charge in [0, 0.05) is 17.7 Å². The highest BCUT2D eigenvalue weighted by Crippen LogP contribution is 2.29. The van der Waals surface area contributed by atoms with E-state index in [9.17, 15) is 4.79 Å². The molecule has 4 heteroatoms. The summed E-state index contributed by atoms with van der Waals surface area (Å²) in [5.74, 6) is 0.0121. The Morgan fingerprint density at radius 1 is 1.47 bits per heavy atom. The van der Waals surface area contributed by atoms with E-state index in [1.165, 1.54) is 0 Å². The fourth-order valence-electron chi connectivity index (χ4n) is 1.84. The van der Waals surface area contributed by atoms with Crippen molar-refractivity contribution in [3.63, 3.8) is 0 Å². The van der Waals surface area contributed by atoms with Gasteiger partial charge >= 0.3 is 0 Å². The topological polar surface area (TPSA) is 56.1 Å². The van der Waals surface area contributed by atoms with Crippen molar-refractivity contribution in [3.8, 4) is 0 Å². The molecule has 0 spiro atoms. The maximum atomic E-state index is 11.7. The standard InChI is InChI=1S/C11H14N3O/c1-14(2)10-6-7-8(12)4-3-5-9(7)13-11(10)15/h3-5,10,12H,6H2,1-2H3,(H,13,15). The number of benzene rings is 1. The van der Waals surface area contributed by atoms with E-state index in [0.717, 1.165) is 11.3 Å². The predicted molar refractivity (Wildman–Crippen MR) is 59.0 cm³/mol. The Balaban J connectivity index is 2.39. The van der Waals surface area contributed by atoms with Crippen molar-refractivity contribution in [1.29, 1.82) is 0 Å². The van der Waals surface area contributed by atoms with E-state index in [4.69, 9.17) is 5.73 Å². The number of hydrogen-bond donors (Lipinski definition) is 1. The van der Waals surface area contributed by atoms with Crippen LogP contribution in [0.3, 0.4) is 0 Å². The Labute approximate surface area is 89.1 Å². The molecule has 1 aliphatic heterocycles. The van der Waals surface area contributed by atoms with Crippen molar-refractivity contribution in [1.82, 2.24) is 10.6 Å². The molecule has 2 rings (SSSR count). The average Bonchev–Trinajstić information content (AvgIpc) is 2.16. The van der Waals surface area contributed by atoms with Gasteiger partial charge in [-0.3, -0.25) is 9.69 Å². The van der Waals surface area contributed by atoms with Crippen molar-refractivity contribution < 1.29 is 4.79 Å². The summed E-state index contributed by atoms with van der Waals surface area (Å²) in [7, 11) is 3.75. The van der Waals surface area contributed by atoms with E-state index in [1.807, 2.05) is 25.1 Å². The van der Waals surface area contributed by atoms with Crippen LogP contribution in [0, 0.1) is 0 Å². The second-order valence-corrected chi connectivity index (χ2v) is 4.00. The van der Waals surface area contributed by atoms with Gasteiger partial charge in [-0.1, -0.05) is 6.07 Å². The summed E-state index contributed by atoms with van der Waals surface area (Å²) < 4.78 is 0. The summed E-state index contributed by atoms with van der Waals surface area (Å²) in [5, 5.41) is 2.83. The van der Waals surface area contributed by atoms with Crippen LogP contribution >= 0.6 is 0 Å². The Morgan fingerprint density at radius 3 is 2.87 bits per heavy atom. The molecule has 1 atom stereocenters. The molecule has 0 aliphatic carbocycles. The van der Waals surface area contributed by atoms with Gasteiger partial charge in [-0.05, 0) is 26.2 Å². The highest BCUT2D eigenvalue weighted by Gasteiger charge is 2.28. The largest absolute Gasteiger partial charge is 0.324 e. The van der Waals surface area contributed by atoms with Gasteiger partial charge in [-0.2, -0.15) is 0 Å². The second-order valence-electron chi connectivity index (χ2n) is 4.00. The zero-order chi connectivity index (χ0) is 11.0. The van der Waals surface area contributed by atoms with Gasteiger partial charge < -0.3 is 11.1 Å². The zero-order valence-electron chi connectivity index (χ0n) is 8.87. The highest BCUT2D eigenvalue weighted by atomic mass is 16.2. The second kappa shape index (κ2) is 3.55. The number of amides is 1. The number of hydrogen-bond acceptors (Lipinski definition) is 2. The molecule has 0 fully saturated rings. The minimum absolute atomic E-state index is 0.0121. The quantitative estimate of drug-likeness (QED) is 0.742. The molecule has 79 valence electrons. The van der Waals surface area contributed by atoms with Crippen molar-refractivity contribution in [2.24, 2.45) is 0 Å². The summed E-state index contributed by atoms with van der Waals surface area (Å²) in [6.45, 7) is 0. The molecule has 1 aliphatic rings. The number of rotatable bonds is 1. The number of anilines is 1. The fraction of sp³-hybridized carbons (Fsp3) is 0.364. The molecule has 0 saturated carbocycles. The summed E-state index contributed by atoms with van der Waals surface area (Å²) in [6, 6.07) is 5.22. The van der Waals surface area contributed by atoms with Crippen LogP contribution < -0.4 is 11.1 Å². The maximum absolute atomic E-state index is 11.7. The van der Waals surface area contributed by atoms with Gasteiger partial charge in [0.05, 0.1) is 11.7 Å². The minimum Gasteiger partial charge on any atom is -0.324 e. The molecule has 1 radical (unpaired) electrons. The third-order valence-electron chi connectivity index (χ3n) is 2.76. The molecule has 0 saturated heterocycles. The zero-order valence-corrected chi connectivity index (χ0v) is 8.87. The van der Waals surface area contributed by atoms with Crippen molar-refractivity contribution in [2.45, 2.75) is 12.5 Å². The Morgan fingerprint density at radius 2 is 2.20 bits per heavy atom. The first-order valence-corrected chi connectivity index (χ1v) is 4.90. The van der Waals surface area contributed by atoms with Gasteiger partial charge in [0.15, 0.2) is 0 Å². The van der Waals surface area contributed by atoms with Crippen LogP contribution in [-0.4, -0.2) is 30.9 Å². The minimum atomic E-state index is -0.163. The number of nitrogens with one attached hydrogen (secondary N) is 2. The normalized spacial score (nSPS) is 19.9. The molecule has 0 aromatic heterocycles. The molecule has 1 heterocycles. The monoisotopic (exact) mass is 204 g/mol. The van der Waals surface area contributed by atoms with E-state index in [2.05, 4.69) is 5.32 Å². The van der Waals surface area contributed by atoms with Gasteiger partial charge in [0.2, 0.25) is 5.91 Å². The molecule has 2 N–H and O–H groups in total. The first-order chi connectivity index (χ1) is 7.09. The number of fused-ring (bicyclic) bond motifs is 1. The van der Waals surface area contributed by atoms with Crippen molar-refractivity contribution >= 4 is 17.3 Å². The molecule has 15 heavy (non-hydrogen) atoms. The SMILES string of the molecule is CN(C)C1Cc2c([NH])cccc2NC1=O. The van der Waals surface area contributed by atoms with E-state index in [-0.39, 0.29) is 11.9 Å². The van der Waals surface area contributed by atoms with Crippen molar-refractivity contribution in [2.75, 3.05) is 19.4 Å². The van der Waals surface area contributed by atoms with Crippen LogP contribution in [0.1, 0.15) is 5.56 Å². The average molecular weight is 204 g/mol. The van der Waals surface area contributed by atoms with E-state index in [0.29, 0.717) is 12.1 Å². The number of carbonyl (C=O) groups is 1. The number of nitrogens with zero attached hydrogens (tertiary/aromatic N) is 1. The molecule has 4 nitrogen and oxygen atoms in total. The first kappa shape index (κ1) is 9.98. The Bertz CT molecular complexity index is 401. The van der Waals surface area contributed by atoms with E-state index < -0.39 is 0 Å². The van der Waals surface area contributed by atoms with Gasteiger partial charge in [0.1, 0.15) is 0 Å². The van der Waals surface area contributed by atoms with Crippen LogP contribution in [0.2, 0.25) is 0 Å². The lowest BCUT2D eigenvalue weighted by atomic mass is 9.97. The van der Waals surface area contributed by atoms with Gasteiger partial charge in [-0.25, -0.2) is 0 Å². The van der Waals surface area contributed by atoms with E-state index in [1.54, 1.807) is 12.1 Å². The molecule has 0 bridgehead atoms. The molecular weight excluding hydrogens is 190 g/mol. The third-order valence-corrected chi connectivity index (χ3v) is 2.76. The van der Waals surface area contributed by atoms with Crippen LogP contribution in [0.15, 0.2) is 18.2 Å². The van der Waals surface area contributed by atoms with Gasteiger partial charge in [-0.15, -0.1) is 0 Å². The third kappa shape index (κ3) is 1.68. The summed E-state index contributed by atoms with van der Waals surface area (Å²) in [4.78, 5) is 13.6. The highest BCUT2D eigenvalue weighted by molar-refractivity contribution is 5.98. The summed E-state index contributed by atoms with van der Waals surface area (Å²) in [5.41, 5.74) is 9.98.